The Kier molecular flexibility index (Phi) is 4.78. The molecule has 2 amide bonds. The van der Waals surface area contributed by atoms with Gasteiger partial charge in [0.2, 0.25) is 18.6 Å². The van der Waals surface area contributed by atoms with Crippen LogP contribution in [0.5, 0.6) is 11.5 Å². The Balaban J connectivity index is 1.21. The first-order valence-electron chi connectivity index (χ1n) is 9.83. The lowest BCUT2D eigenvalue weighted by atomic mass is 10.1. The number of hydrogen-bond donors (Lipinski definition) is 1. The van der Waals surface area contributed by atoms with E-state index in [9.17, 15) is 14.0 Å². The Hall–Kier alpha value is -3.88. The van der Waals surface area contributed by atoms with E-state index in [0.717, 1.165) is 0 Å². The number of ether oxygens (including phenoxy) is 2. The first-order valence-corrected chi connectivity index (χ1v) is 9.83. The quantitative estimate of drug-likeness (QED) is 0.683. The van der Waals surface area contributed by atoms with Crippen LogP contribution in [0.2, 0.25) is 0 Å². The molecule has 1 fully saturated rings. The molecule has 3 heterocycles. The minimum Gasteiger partial charge on any atom is -0.454 e. The van der Waals surface area contributed by atoms with Crippen LogP contribution in [0.15, 0.2) is 55.1 Å². The Morgan fingerprint density at radius 3 is 2.87 bits per heavy atom. The molecule has 158 valence electrons. The van der Waals surface area contributed by atoms with E-state index < -0.39 is 11.7 Å². The summed E-state index contributed by atoms with van der Waals surface area (Å²) in [5.41, 5.74) is 1.68. The number of anilines is 1. The number of benzene rings is 2. The molecular formula is C22H19FN4O4. The fourth-order valence-electron chi connectivity index (χ4n) is 3.79. The van der Waals surface area contributed by atoms with E-state index in [1.165, 1.54) is 12.4 Å². The van der Waals surface area contributed by atoms with Crippen molar-refractivity contribution in [3.05, 3.63) is 66.5 Å². The van der Waals surface area contributed by atoms with E-state index >= 15 is 0 Å². The molecule has 1 unspecified atom stereocenters. The third-order valence-corrected chi connectivity index (χ3v) is 5.43. The summed E-state index contributed by atoms with van der Waals surface area (Å²) in [5.74, 6) is -0.0384. The van der Waals surface area contributed by atoms with Gasteiger partial charge in [0.15, 0.2) is 11.5 Å². The summed E-state index contributed by atoms with van der Waals surface area (Å²) in [7, 11) is 0. The molecule has 0 aliphatic carbocycles. The number of aromatic nitrogens is 2. The predicted octanol–water partition coefficient (Wildman–Crippen LogP) is 2.41. The van der Waals surface area contributed by atoms with Crippen LogP contribution in [0.25, 0.3) is 5.69 Å². The molecule has 31 heavy (non-hydrogen) atoms. The van der Waals surface area contributed by atoms with E-state index in [2.05, 4.69) is 10.3 Å². The number of hydrogen-bond acceptors (Lipinski definition) is 5. The van der Waals surface area contributed by atoms with Gasteiger partial charge in [0.25, 0.3) is 0 Å². The van der Waals surface area contributed by atoms with Gasteiger partial charge in [-0.05, 0) is 29.8 Å². The van der Waals surface area contributed by atoms with Gasteiger partial charge in [-0.25, -0.2) is 9.37 Å². The Bertz CT molecular complexity index is 1150. The Morgan fingerprint density at radius 1 is 1.19 bits per heavy atom. The minimum atomic E-state index is -0.479. The molecule has 1 atom stereocenters. The third kappa shape index (κ3) is 3.70. The molecule has 0 spiro atoms. The molecule has 1 aromatic heterocycles. The molecule has 2 aliphatic rings. The summed E-state index contributed by atoms with van der Waals surface area (Å²) in [4.78, 5) is 30.6. The molecule has 2 aromatic carbocycles. The normalized spacial score (nSPS) is 17.3. The van der Waals surface area contributed by atoms with Crippen LogP contribution >= 0.6 is 0 Å². The highest BCUT2D eigenvalue weighted by Crippen LogP contribution is 2.37. The van der Waals surface area contributed by atoms with Crippen LogP contribution in [0.3, 0.4) is 0 Å². The van der Waals surface area contributed by atoms with Crippen LogP contribution in [-0.4, -0.2) is 34.7 Å². The fourth-order valence-corrected chi connectivity index (χ4v) is 3.79. The summed E-state index contributed by atoms with van der Waals surface area (Å²) in [5, 5.41) is 2.81. The van der Waals surface area contributed by atoms with E-state index in [-0.39, 0.29) is 38.1 Å². The average molecular weight is 422 g/mol. The van der Waals surface area contributed by atoms with Gasteiger partial charge in [0.05, 0.1) is 17.9 Å². The molecule has 2 aliphatic heterocycles. The largest absolute Gasteiger partial charge is 0.454 e. The molecule has 1 N–H and O–H groups in total. The molecular weight excluding hydrogens is 403 g/mol. The lowest BCUT2D eigenvalue weighted by Crippen LogP contribution is -2.32. The maximum atomic E-state index is 14.4. The summed E-state index contributed by atoms with van der Waals surface area (Å²) < 4.78 is 26.6. The zero-order valence-corrected chi connectivity index (χ0v) is 16.5. The second kappa shape index (κ2) is 7.75. The van der Waals surface area contributed by atoms with Crippen molar-refractivity contribution >= 4 is 17.5 Å². The van der Waals surface area contributed by atoms with Gasteiger partial charge in [-0.1, -0.05) is 6.07 Å². The van der Waals surface area contributed by atoms with Crippen molar-refractivity contribution in [1.82, 2.24) is 14.9 Å². The molecule has 1 saturated heterocycles. The number of nitrogens with zero attached hydrogens (tertiary/aromatic N) is 3. The van der Waals surface area contributed by atoms with Crippen molar-refractivity contribution in [2.24, 2.45) is 5.92 Å². The molecule has 8 nitrogen and oxygen atoms in total. The zero-order valence-electron chi connectivity index (χ0n) is 16.5. The molecule has 3 aromatic rings. The van der Waals surface area contributed by atoms with E-state index in [0.29, 0.717) is 28.4 Å². The monoisotopic (exact) mass is 422 g/mol. The smallest absolute Gasteiger partial charge is 0.231 e. The maximum Gasteiger partial charge on any atom is 0.231 e. The summed E-state index contributed by atoms with van der Waals surface area (Å²) >= 11 is 0. The highest BCUT2D eigenvalue weighted by Gasteiger charge is 2.35. The third-order valence-electron chi connectivity index (χ3n) is 5.43. The van der Waals surface area contributed by atoms with Crippen molar-refractivity contribution in [3.63, 3.8) is 0 Å². The predicted molar refractivity (Wildman–Crippen MR) is 108 cm³/mol. The second-order valence-corrected chi connectivity index (χ2v) is 7.42. The van der Waals surface area contributed by atoms with Gasteiger partial charge in [-0.15, -0.1) is 0 Å². The summed E-state index contributed by atoms with van der Waals surface area (Å²) in [6.45, 7) is 0.606. The van der Waals surface area contributed by atoms with Crippen LogP contribution in [-0.2, 0) is 16.1 Å². The number of halogens is 1. The van der Waals surface area contributed by atoms with E-state index in [1.807, 2.05) is 0 Å². The number of fused-ring (bicyclic) bond motifs is 1. The topological polar surface area (TPSA) is 85.7 Å². The van der Waals surface area contributed by atoms with Gasteiger partial charge in [0.1, 0.15) is 5.82 Å². The minimum absolute atomic E-state index is 0.119. The van der Waals surface area contributed by atoms with Crippen LogP contribution in [0.1, 0.15) is 12.0 Å². The molecule has 9 heteroatoms. The maximum absolute atomic E-state index is 14.4. The average Bonchev–Trinajstić information content (AvgIpc) is 3.52. The van der Waals surface area contributed by atoms with E-state index in [1.54, 1.807) is 52.2 Å². The number of carbonyl (C=O) groups excluding carboxylic acids is 2. The molecule has 0 bridgehead atoms. The van der Waals surface area contributed by atoms with Gasteiger partial charge in [-0.2, -0.15) is 0 Å². The first-order chi connectivity index (χ1) is 15.1. The lowest BCUT2D eigenvalue weighted by molar-refractivity contribution is -0.126. The fraction of sp³-hybridized carbons (Fsp3) is 0.227. The summed E-state index contributed by atoms with van der Waals surface area (Å²) in [6.07, 6.45) is 4.86. The van der Waals surface area contributed by atoms with Crippen molar-refractivity contribution < 1.29 is 23.5 Å². The van der Waals surface area contributed by atoms with Crippen molar-refractivity contribution in [2.75, 3.05) is 18.2 Å². The van der Waals surface area contributed by atoms with Crippen molar-refractivity contribution in [1.29, 1.82) is 0 Å². The SMILES string of the molecule is O=C(NCc1ccc(-n2ccnc2)c(F)c1)C1CC(=O)N(c2ccc3c(c2)OCO3)C1. The van der Waals surface area contributed by atoms with E-state index in [4.69, 9.17) is 9.47 Å². The van der Waals surface area contributed by atoms with Gasteiger partial charge >= 0.3 is 0 Å². The highest BCUT2D eigenvalue weighted by molar-refractivity contribution is 6.00. The Labute approximate surface area is 177 Å². The molecule has 5 rings (SSSR count). The van der Waals surface area contributed by atoms with Crippen LogP contribution in [0, 0.1) is 11.7 Å². The Morgan fingerprint density at radius 2 is 2.06 bits per heavy atom. The van der Waals surface area contributed by atoms with Crippen molar-refractivity contribution in [3.8, 4) is 17.2 Å². The van der Waals surface area contributed by atoms with Gasteiger partial charge < -0.3 is 24.3 Å². The lowest BCUT2D eigenvalue weighted by Gasteiger charge is -2.17. The summed E-state index contributed by atoms with van der Waals surface area (Å²) in [6, 6.07) is 10.0. The van der Waals surface area contributed by atoms with Crippen LogP contribution < -0.4 is 19.7 Å². The number of imidazole rings is 1. The van der Waals surface area contributed by atoms with Gasteiger partial charge in [-0.3, -0.25) is 9.59 Å². The standard InChI is InChI=1S/C22H19FN4O4/c23-17-7-14(1-3-18(17)26-6-5-24-12-26)10-25-22(29)15-8-21(28)27(11-15)16-2-4-19-20(9-16)31-13-30-19/h1-7,9,12,15H,8,10-11,13H2,(H,25,29). The van der Waals surface area contributed by atoms with Gasteiger partial charge in [0, 0.05) is 43.7 Å². The second-order valence-electron chi connectivity index (χ2n) is 7.42. The van der Waals surface area contributed by atoms with Crippen LogP contribution in [0.4, 0.5) is 10.1 Å². The number of nitrogens with one attached hydrogen (secondary N) is 1. The number of rotatable bonds is 5. The molecule has 0 radical (unpaired) electrons. The highest BCUT2D eigenvalue weighted by atomic mass is 19.1. The first kappa shape index (κ1) is 19.1. The molecule has 0 saturated carbocycles. The van der Waals surface area contributed by atoms with Crippen molar-refractivity contribution in [2.45, 2.75) is 13.0 Å². The number of carbonyl (C=O) groups is 2. The zero-order chi connectivity index (χ0) is 21.4. The number of amides is 2.